The predicted octanol–water partition coefficient (Wildman–Crippen LogP) is 6.37. The van der Waals surface area contributed by atoms with Crippen molar-refractivity contribution >= 4 is 56.4 Å². The number of halogens is 2. The highest BCUT2D eigenvalue weighted by molar-refractivity contribution is 7.88. The quantitative estimate of drug-likeness (QED) is 0.178. The Morgan fingerprint density at radius 2 is 1.67 bits per heavy atom. The fourth-order valence-electron chi connectivity index (χ4n) is 5.52. The number of nitrogens with one attached hydrogen (secondary N) is 1. The lowest BCUT2D eigenvalue weighted by Crippen LogP contribution is -2.51. The van der Waals surface area contributed by atoms with Crippen molar-refractivity contribution in [3.63, 3.8) is 0 Å². The van der Waals surface area contributed by atoms with Crippen molar-refractivity contribution in [3.8, 4) is 27.3 Å². The zero-order valence-electron chi connectivity index (χ0n) is 24.6. The lowest BCUT2D eigenvalue weighted by Gasteiger charge is -2.40. The van der Waals surface area contributed by atoms with Crippen LogP contribution >= 0.6 is 34.5 Å². The maximum Gasteiger partial charge on any atom is 0.263 e. The van der Waals surface area contributed by atoms with E-state index < -0.39 is 15.4 Å². The summed E-state index contributed by atoms with van der Waals surface area (Å²) in [4.78, 5) is 29.7. The van der Waals surface area contributed by atoms with E-state index in [1.54, 1.807) is 17.0 Å². The molecule has 3 aromatic carbocycles. The zero-order valence-corrected chi connectivity index (χ0v) is 27.7. The Kier molecular flexibility index (Phi) is 10.2. The van der Waals surface area contributed by atoms with Gasteiger partial charge in [-0.25, -0.2) is 13.1 Å². The molecule has 0 spiro atoms. The summed E-state index contributed by atoms with van der Waals surface area (Å²) in [6, 6.07) is 24.2. The van der Waals surface area contributed by atoms with E-state index in [1.165, 1.54) is 11.3 Å². The standard InChI is InChI=1S/C33H33Cl2N3O5S2/c1-45(41,42)37-16-5-19-43-25-11-8-22(9-12-25)30-27(26-13-10-24(34)20-28(26)35)21-29(44-30)31(39)38-17-14-33(15-18-38,32(36)40)23-6-3-2-4-7-23/h2-4,6-13,20-21,37H,5,14-19H2,1H3,(H2,36,40). The molecule has 12 heteroatoms. The molecule has 0 atom stereocenters. The molecule has 45 heavy (non-hydrogen) atoms. The van der Waals surface area contributed by atoms with Gasteiger partial charge in [-0.05, 0) is 72.9 Å². The molecule has 3 N–H and O–H groups in total. The van der Waals surface area contributed by atoms with E-state index in [1.807, 2.05) is 66.7 Å². The van der Waals surface area contributed by atoms with Crippen molar-refractivity contribution in [1.82, 2.24) is 9.62 Å². The Bertz CT molecular complexity index is 1790. The van der Waals surface area contributed by atoms with E-state index in [2.05, 4.69) is 4.72 Å². The summed E-state index contributed by atoms with van der Waals surface area (Å²) < 4.78 is 30.7. The van der Waals surface area contributed by atoms with Gasteiger partial charge in [-0.2, -0.15) is 0 Å². The van der Waals surface area contributed by atoms with Crippen LogP contribution in [0.2, 0.25) is 10.0 Å². The molecule has 0 aliphatic carbocycles. The first-order valence-electron chi connectivity index (χ1n) is 14.4. The number of amides is 2. The minimum atomic E-state index is -3.24. The minimum absolute atomic E-state index is 0.119. The van der Waals surface area contributed by atoms with Crippen LogP contribution in [0.4, 0.5) is 0 Å². The fraction of sp³-hybridized carbons (Fsp3) is 0.273. The van der Waals surface area contributed by atoms with E-state index in [9.17, 15) is 18.0 Å². The number of thiophene rings is 1. The Hall–Kier alpha value is -3.41. The molecular weight excluding hydrogens is 653 g/mol. The van der Waals surface area contributed by atoms with Crippen molar-refractivity contribution in [2.45, 2.75) is 24.7 Å². The largest absolute Gasteiger partial charge is 0.494 e. The molecule has 4 aromatic rings. The van der Waals surface area contributed by atoms with Crippen molar-refractivity contribution < 1.29 is 22.7 Å². The van der Waals surface area contributed by atoms with E-state index in [4.69, 9.17) is 33.7 Å². The van der Waals surface area contributed by atoms with Crippen LogP contribution in [0.5, 0.6) is 5.75 Å². The molecule has 236 valence electrons. The van der Waals surface area contributed by atoms with Gasteiger partial charge in [0.25, 0.3) is 5.91 Å². The molecule has 8 nitrogen and oxygen atoms in total. The molecule has 0 bridgehead atoms. The maximum absolute atomic E-state index is 13.9. The molecule has 0 radical (unpaired) electrons. The van der Waals surface area contributed by atoms with Gasteiger partial charge < -0.3 is 15.4 Å². The molecule has 1 aromatic heterocycles. The number of benzene rings is 3. The number of nitrogens with zero attached hydrogens (tertiary/aromatic N) is 1. The van der Waals surface area contributed by atoms with Crippen molar-refractivity contribution in [3.05, 3.63) is 99.3 Å². The van der Waals surface area contributed by atoms with Gasteiger partial charge >= 0.3 is 0 Å². The van der Waals surface area contributed by atoms with Gasteiger partial charge in [-0.15, -0.1) is 11.3 Å². The topological polar surface area (TPSA) is 119 Å². The molecule has 5 rings (SSSR count). The number of nitrogens with two attached hydrogens (primary N) is 1. The van der Waals surface area contributed by atoms with Crippen LogP contribution in [0, 0.1) is 0 Å². The average molecular weight is 687 g/mol. The second-order valence-electron chi connectivity index (χ2n) is 11.0. The third-order valence-corrected chi connectivity index (χ3v) is 10.4. The number of sulfonamides is 1. The first kappa shape index (κ1) is 33.0. The van der Waals surface area contributed by atoms with E-state index in [-0.39, 0.29) is 11.8 Å². The van der Waals surface area contributed by atoms with Gasteiger partial charge in [-0.1, -0.05) is 59.6 Å². The van der Waals surface area contributed by atoms with Crippen LogP contribution in [-0.4, -0.2) is 57.6 Å². The fourth-order valence-corrected chi connectivity index (χ4v) is 7.69. The number of hydrogen-bond donors (Lipinski definition) is 2. The molecular formula is C33H33Cl2N3O5S2. The van der Waals surface area contributed by atoms with Crippen LogP contribution in [0.1, 0.15) is 34.5 Å². The van der Waals surface area contributed by atoms with Gasteiger partial charge in [0.1, 0.15) is 5.75 Å². The summed E-state index contributed by atoms with van der Waals surface area (Å²) in [6.45, 7) is 1.43. The monoisotopic (exact) mass is 685 g/mol. The van der Waals surface area contributed by atoms with E-state index >= 15 is 0 Å². The number of primary amides is 1. The van der Waals surface area contributed by atoms with Crippen molar-refractivity contribution in [2.24, 2.45) is 5.73 Å². The highest BCUT2D eigenvalue weighted by atomic mass is 35.5. The van der Waals surface area contributed by atoms with E-state index in [0.29, 0.717) is 66.2 Å². The molecule has 2 amide bonds. The highest BCUT2D eigenvalue weighted by Crippen LogP contribution is 2.44. The first-order chi connectivity index (χ1) is 21.5. The number of piperidine rings is 1. The van der Waals surface area contributed by atoms with Gasteiger partial charge in [0, 0.05) is 45.7 Å². The second-order valence-corrected chi connectivity index (χ2v) is 14.7. The number of hydrogen-bond acceptors (Lipinski definition) is 6. The SMILES string of the molecule is CS(=O)(=O)NCCCOc1ccc(-c2sc(C(=O)N3CCC(C(N)=O)(c4ccccc4)CC3)cc2-c2ccc(Cl)cc2Cl)cc1. The van der Waals surface area contributed by atoms with Crippen LogP contribution in [-0.2, 0) is 20.2 Å². The van der Waals surface area contributed by atoms with Crippen LogP contribution in [0.25, 0.3) is 21.6 Å². The highest BCUT2D eigenvalue weighted by Gasteiger charge is 2.42. The van der Waals surface area contributed by atoms with Gasteiger partial charge in [-0.3, -0.25) is 9.59 Å². The van der Waals surface area contributed by atoms with Crippen LogP contribution in [0.3, 0.4) is 0 Å². The molecule has 1 fully saturated rings. The summed E-state index contributed by atoms with van der Waals surface area (Å²) >= 11 is 14.2. The molecule has 0 saturated carbocycles. The molecule has 1 saturated heterocycles. The van der Waals surface area contributed by atoms with Crippen molar-refractivity contribution in [1.29, 1.82) is 0 Å². The van der Waals surface area contributed by atoms with Crippen LogP contribution in [0.15, 0.2) is 78.9 Å². The summed E-state index contributed by atoms with van der Waals surface area (Å²) in [5.41, 5.74) is 8.41. The first-order valence-corrected chi connectivity index (χ1v) is 17.8. The van der Waals surface area contributed by atoms with Gasteiger partial charge in [0.2, 0.25) is 15.9 Å². The number of likely N-dealkylation sites (tertiary alicyclic amines) is 1. The number of carbonyl (C=O) groups excluding carboxylic acids is 2. The number of rotatable bonds is 11. The molecule has 2 heterocycles. The smallest absolute Gasteiger partial charge is 0.263 e. The summed E-state index contributed by atoms with van der Waals surface area (Å²) in [7, 11) is -3.24. The Morgan fingerprint density at radius 1 is 0.978 bits per heavy atom. The van der Waals surface area contributed by atoms with Gasteiger partial charge in [0.05, 0.1) is 23.2 Å². The zero-order chi connectivity index (χ0) is 32.2. The average Bonchev–Trinajstić information content (AvgIpc) is 3.46. The molecule has 1 aliphatic heterocycles. The molecule has 0 unspecified atom stereocenters. The van der Waals surface area contributed by atoms with Crippen LogP contribution < -0.4 is 15.2 Å². The number of ether oxygens (including phenoxy) is 1. The van der Waals surface area contributed by atoms with Crippen molar-refractivity contribution in [2.75, 3.05) is 32.5 Å². The minimum Gasteiger partial charge on any atom is -0.494 e. The Morgan fingerprint density at radius 3 is 2.29 bits per heavy atom. The van der Waals surface area contributed by atoms with Gasteiger partial charge in [0.15, 0.2) is 0 Å². The third kappa shape index (κ3) is 7.70. The normalized spacial score (nSPS) is 14.7. The lowest BCUT2D eigenvalue weighted by atomic mass is 9.72. The summed E-state index contributed by atoms with van der Waals surface area (Å²) in [5, 5.41) is 0.977. The maximum atomic E-state index is 13.9. The molecule has 1 aliphatic rings. The second kappa shape index (κ2) is 13.9. The summed E-state index contributed by atoms with van der Waals surface area (Å²) in [5.74, 6) is 0.143. The number of carbonyl (C=O) groups is 2. The summed E-state index contributed by atoms with van der Waals surface area (Å²) in [6.07, 6.45) is 2.53. The third-order valence-electron chi connectivity index (χ3n) is 7.94. The lowest BCUT2D eigenvalue weighted by molar-refractivity contribution is -0.125. The van der Waals surface area contributed by atoms with E-state index in [0.717, 1.165) is 33.4 Å². The Labute approximate surface area is 277 Å². The predicted molar refractivity (Wildman–Crippen MR) is 181 cm³/mol. The Balaban J connectivity index is 1.37.